The predicted molar refractivity (Wildman–Crippen MR) is 97.3 cm³/mol. The van der Waals surface area contributed by atoms with Crippen molar-refractivity contribution in [2.75, 3.05) is 7.11 Å². The number of allylic oxidation sites excluding steroid dienone is 1. The van der Waals surface area contributed by atoms with Gasteiger partial charge in [0.25, 0.3) is 0 Å². The van der Waals surface area contributed by atoms with Crippen molar-refractivity contribution in [3.8, 4) is 5.75 Å². The average molecular weight is 337 g/mol. The van der Waals surface area contributed by atoms with Crippen LogP contribution >= 0.6 is 0 Å². The topological polar surface area (TPSA) is 29.8 Å². The summed E-state index contributed by atoms with van der Waals surface area (Å²) in [7, 11) is 1.62. The largest absolute Gasteiger partial charge is 1.03 e. The number of carbonyl (C=O) groups excluding carboxylic acids is 1. The van der Waals surface area contributed by atoms with E-state index in [1.165, 1.54) is 5.56 Å². The molecule has 0 saturated carbocycles. The first kappa shape index (κ1) is 16.5. The number of methoxy groups -OCH3 is 1. The molecule has 0 spiro atoms. The second-order valence-corrected chi connectivity index (χ2v) is 7.29. The van der Waals surface area contributed by atoms with Crippen molar-refractivity contribution in [1.82, 2.24) is 0 Å². The van der Waals surface area contributed by atoms with Crippen molar-refractivity contribution < 1.29 is 13.3 Å². The number of hydrogen-bond donors (Lipinski definition) is 0. The molecule has 2 aromatic carbocycles. The number of rotatable bonds is 3. The minimum atomic E-state index is -0.0393. The van der Waals surface area contributed by atoms with Crippen LogP contribution < -0.4 is 4.74 Å². The lowest BCUT2D eigenvalue weighted by molar-refractivity contribution is -0.101. The number of ketones is 1. The van der Waals surface area contributed by atoms with E-state index < -0.39 is 0 Å². The van der Waals surface area contributed by atoms with Gasteiger partial charge in [-0.25, -0.2) is 0 Å². The third-order valence-electron chi connectivity index (χ3n) is 3.98. The molecule has 0 amide bonds. The minimum absolute atomic E-state index is 0.0393. The molecule has 2 aromatic rings. The third kappa shape index (κ3) is 3.59. The second-order valence-electron chi connectivity index (χ2n) is 6.72. The summed E-state index contributed by atoms with van der Waals surface area (Å²) in [5.74, 6) is 2.49. The zero-order chi connectivity index (χ0) is 17.2. The van der Waals surface area contributed by atoms with Crippen molar-refractivity contribution in [2.45, 2.75) is 26.2 Å². The number of hydrogen-bond acceptors (Lipinski definition) is 2. The minimum Gasteiger partial charge on any atom is -0.497 e. The molecule has 0 atom stereocenters. The standard InChI is InChI=1S/C20H21O3Si/c1-20(2,3)16-9-5-14(6-10-16)18-13-19(23-24-22-18)15-7-11-17(21-4)12-8-15/h5-13H,1-4H3/q+1. The van der Waals surface area contributed by atoms with Crippen LogP contribution in [0.3, 0.4) is 0 Å². The summed E-state index contributed by atoms with van der Waals surface area (Å²) in [6.07, 6.45) is 1.95. The lowest BCUT2D eigenvalue weighted by Crippen LogP contribution is -2.12. The van der Waals surface area contributed by atoms with Gasteiger partial charge in [-0.3, -0.25) is 0 Å². The van der Waals surface area contributed by atoms with Crippen molar-refractivity contribution >= 4 is 21.5 Å². The molecule has 2 radical (unpaired) electrons. The molecule has 1 aliphatic rings. The quantitative estimate of drug-likeness (QED) is 0.617. The van der Waals surface area contributed by atoms with E-state index in [2.05, 4.69) is 45.0 Å². The first-order valence-electron chi connectivity index (χ1n) is 7.90. The first-order valence-corrected chi connectivity index (χ1v) is 8.72. The van der Waals surface area contributed by atoms with Crippen molar-refractivity contribution in [2.24, 2.45) is 0 Å². The summed E-state index contributed by atoms with van der Waals surface area (Å²) in [5, 5.41) is 0. The Morgan fingerprint density at radius 1 is 0.917 bits per heavy atom. The van der Waals surface area contributed by atoms with E-state index in [1.807, 2.05) is 30.3 Å². The highest BCUT2D eigenvalue weighted by atomic mass is 28.2. The summed E-state index contributed by atoms with van der Waals surface area (Å²) in [5.41, 5.74) is 3.52. The van der Waals surface area contributed by atoms with Crippen LogP contribution in [0.5, 0.6) is 5.75 Å². The van der Waals surface area contributed by atoms with E-state index in [0.29, 0.717) is 0 Å². The van der Waals surface area contributed by atoms with E-state index in [0.717, 1.165) is 28.4 Å². The summed E-state index contributed by atoms with van der Waals surface area (Å²) in [6, 6.07) is 16.4. The summed E-state index contributed by atoms with van der Waals surface area (Å²) >= 11 is 0. The summed E-state index contributed by atoms with van der Waals surface area (Å²) in [6.45, 7) is 6.63. The fourth-order valence-corrected chi connectivity index (χ4v) is 3.04. The lowest BCUT2D eigenvalue weighted by atomic mass is 9.86. The zero-order valence-electron chi connectivity index (χ0n) is 14.4. The Hall–Kier alpha value is -2.33. The van der Waals surface area contributed by atoms with Gasteiger partial charge < -0.3 is 13.3 Å². The monoisotopic (exact) mass is 337 g/mol. The molecule has 122 valence electrons. The average Bonchev–Trinajstić information content (AvgIpc) is 2.61. The maximum atomic E-state index is 5.71. The smallest absolute Gasteiger partial charge is 0.497 e. The molecule has 0 N–H and O–H groups in total. The molecule has 1 aliphatic heterocycles. The molecular formula is C20H21O3Si+. The molecular weight excluding hydrogens is 316 g/mol. The molecule has 0 aromatic heterocycles. The van der Waals surface area contributed by atoms with Crippen LogP contribution in [0.25, 0.3) is 5.76 Å². The molecule has 0 fully saturated rings. The van der Waals surface area contributed by atoms with E-state index in [-0.39, 0.29) is 15.4 Å². The molecule has 0 aliphatic carbocycles. The fraction of sp³-hybridized carbons (Fsp3) is 0.250. The van der Waals surface area contributed by atoms with Crippen molar-refractivity contribution in [1.29, 1.82) is 0 Å². The van der Waals surface area contributed by atoms with E-state index in [4.69, 9.17) is 13.3 Å². The van der Waals surface area contributed by atoms with Crippen LogP contribution in [-0.2, 0) is 9.84 Å². The van der Waals surface area contributed by atoms with E-state index in [1.54, 1.807) is 7.11 Å². The van der Waals surface area contributed by atoms with Crippen LogP contribution in [-0.4, -0.2) is 22.9 Å². The summed E-state index contributed by atoms with van der Waals surface area (Å²) < 4.78 is 16.6. The Bertz CT molecular complexity index is 766. The van der Waals surface area contributed by atoms with Crippen molar-refractivity contribution in [3.63, 3.8) is 0 Å². The van der Waals surface area contributed by atoms with Gasteiger partial charge in [0.05, 0.1) is 18.7 Å². The molecule has 0 saturated heterocycles. The number of ether oxygens (including phenoxy) is 1. The van der Waals surface area contributed by atoms with Crippen LogP contribution in [0.2, 0.25) is 0 Å². The molecule has 3 nitrogen and oxygen atoms in total. The van der Waals surface area contributed by atoms with Gasteiger partial charge in [0.15, 0.2) is 0 Å². The van der Waals surface area contributed by atoms with Gasteiger partial charge in [-0.05, 0) is 35.2 Å². The van der Waals surface area contributed by atoms with Crippen LogP contribution in [0.4, 0.5) is 0 Å². The summed E-state index contributed by atoms with van der Waals surface area (Å²) in [4.78, 5) is 0. The maximum Gasteiger partial charge on any atom is 1.03 e. The highest BCUT2D eigenvalue weighted by Crippen LogP contribution is 2.26. The second kappa shape index (κ2) is 6.65. The van der Waals surface area contributed by atoms with Gasteiger partial charge >= 0.3 is 15.8 Å². The predicted octanol–water partition coefficient (Wildman–Crippen LogP) is 4.32. The maximum absolute atomic E-state index is 5.71. The molecule has 3 rings (SSSR count). The van der Waals surface area contributed by atoms with Gasteiger partial charge in [-0.15, -0.1) is 0 Å². The Kier molecular flexibility index (Phi) is 4.58. The van der Waals surface area contributed by atoms with Gasteiger partial charge in [0.2, 0.25) is 0 Å². The van der Waals surface area contributed by atoms with Gasteiger partial charge in [-0.2, -0.15) is 0 Å². The Labute approximate surface area is 145 Å². The Morgan fingerprint density at radius 2 is 1.54 bits per heavy atom. The zero-order valence-corrected chi connectivity index (χ0v) is 15.4. The molecule has 24 heavy (non-hydrogen) atoms. The number of benzene rings is 2. The Balaban J connectivity index is 1.86. The van der Waals surface area contributed by atoms with Gasteiger partial charge in [0, 0.05) is 5.56 Å². The van der Waals surface area contributed by atoms with Crippen LogP contribution in [0.15, 0.2) is 54.6 Å². The third-order valence-corrected chi connectivity index (χ3v) is 4.58. The highest BCUT2D eigenvalue weighted by Gasteiger charge is 2.28. The molecule has 4 heteroatoms. The van der Waals surface area contributed by atoms with Gasteiger partial charge in [0.1, 0.15) is 11.5 Å². The highest BCUT2D eigenvalue weighted by molar-refractivity contribution is 6.25. The molecule has 1 heterocycles. The first-order chi connectivity index (χ1) is 11.5. The van der Waals surface area contributed by atoms with Gasteiger partial charge in [-0.1, -0.05) is 45.0 Å². The van der Waals surface area contributed by atoms with E-state index in [9.17, 15) is 0 Å². The Morgan fingerprint density at radius 3 is 2.12 bits per heavy atom. The molecule has 0 bridgehead atoms. The van der Waals surface area contributed by atoms with Crippen LogP contribution in [0, 0.1) is 0 Å². The fourth-order valence-electron chi connectivity index (χ4n) is 2.46. The van der Waals surface area contributed by atoms with Crippen molar-refractivity contribution in [3.05, 3.63) is 71.3 Å². The lowest BCUT2D eigenvalue weighted by Gasteiger charge is -2.19. The molecule has 0 unspecified atom stereocenters. The van der Waals surface area contributed by atoms with Crippen LogP contribution in [0.1, 0.15) is 41.6 Å². The normalized spacial score (nSPS) is 14.5. The van der Waals surface area contributed by atoms with E-state index >= 15 is 0 Å². The SMILES string of the molecule is COc1ccc(C2=[O+][Si]OC(c3ccc(C(C)(C)C)cc3)=C2)cc1.